The quantitative estimate of drug-likeness (QED) is 0.498. The molecular formula is C17H16Cl4N2O3. The van der Waals surface area contributed by atoms with Crippen molar-refractivity contribution in [2.75, 3.05) is 19.5 Å². The molecule has 0 aliphatic rings. The molecule has 0 heterocycles. The maximum atomic E-state index is 12.6. The highest BCUT2D eigenvalue weighted by molar-refractivity contribution is 6.68. The summed E-state index contributed by atoms with van der Waals surface area (Å²) in [5, 5.41) is 6.17. The SMILES string of the molecule is COc1ccc(C(=O)NC(Nc2ccc(Cl)cc2)C(Cl)(Cl)Cl)cc1OC. The third kappa shape index (κ3) is 5.48. The van der Waals surface area contributed by atoms with Crippen molar-refractivity contribution in [1.29, 1.82) is 0 Å². The molecule has 1 unspecified atom stereocenters. The van der Waals surface area contributed by atoms with Gasteiger partial charge in [0.1, 0.15) is 6.17 Å². The molecule has 2 N–H and O–H groups in total. The molecule has 0 saturated heterocycles. The van der Waals surface area contributed by atoms with Crippen molar-refractivity contribution < 1.29 is 14.3 Å². The van der Waals surface area contributed by atoms with Gasteiger partial charge in [0.05, 0.1) is 14.2 Å². The van der Waals surface area contributed by atoms with Crippen LogP contribution in [-0.4, -0.2) is 30.1 Å². The van der Waals surface area contributed by atoms with Crippen LogP contribution in [-0.2, 0) is 0 Å². The zero-order chi connectivity index (χ0) is 19.3. The van der Waals surface area contributed by atoms with E-state index in [0.29, 0.717) is 27.8 Å². The Morgan fingerprint density at radius 1 is 1.00 bits per heavy atom. The lowest BCUT2D eigenvalue weighted by molar-refractivity contribution is 0.0941. The van der Waals surface area contributed by atoms with E-state index in [1.54, 1.807) is 36.4 Å². The van der Waals surface area contributed by atoms with Crippen LogP contribution >= 0.6 is 46.4 Å². The second-order valence-electron chi connectivity index (χ2n) is 5.17. The van der Waals surface area contributed by atoms with Gasteiger partial charge in [-0.1, -0.05) is 46.4 Å². The summed E-state index contributed by atoms with van der Waals surface area (Å²) in [6, 6.07) is 11.5. The number of amides is 1. The van der Waals surface area contributed by atoms with Crippen molar-refractivity contribution in [2.24, 2.45) is 0 Å². The van der Waals surface area contributed by atoms with E-state index in [1.807, 2.05) is 0 Å². The number of benzene rings is 2. The molecule has 1 amide bonds. The molecule has 0 bridgehead atoms. The van der Waals surface area contributed by atoms with Gasteiger partial charge in [-0.2, -0.15) is 0 Å². The van der Waals surface area contributed by atoms with Gasteiger partial charge in [-0.25, -0.2) is 0 Å². The number of ether oxygens (including phenoxy) is 2. The van der Waals surface area contributed by atoms with Crippen LogP contribution in [0.15, 0.2) is 42.5 Å². The number of nitrogens with one attached hydrogen (secondary N) is 2. The summed E-state index contributed by atoms with van der Waals surface area (Å²) in [6.07, 6.45) is -0.991. The third-order valence-corrected chi connectivity index (χ3v) is 4.31. The predicted octanol–water partition coefficient (Wildman–Crippen LogP) is 4.90. The molecule has 0 aliphatic carbocycles. The number of halogens is 4. The topological polar surface area (TPSA) is 59.6 Å². The number of carbonyl (C=O) groups is 1. The van der Waals surface area contributed by atoms with E-state index in [-0.39, 0.29) is 0 Å². The molecule has 5 nitrogen and oxygen atoms in total. The number of carbonyl (C=O) groups excluding carboxylic acids is 1. The second-order valence-corrected chi connectivity index (χ2v) is 7.97. The van der Waals surface area contributed by atoms with E-state index >= 15 is 0 Å². The summed E-state index contributed by atoms with van der Waals surface area (Å²) in [4.78, 5) is 12.6. The van der Waals surface area contributed by atoms with Gasteiger partial charge in [0.2, 0.25) is 3.79 Å². The average molecular weight is 438 g/mol. The zero-order valence-corrected chi connectivity index (χ0v) is 16.9. The smallest absolute Gasteiger partial charge is 0.253 e. The van der Waals surface area contributed by atoms with Crippen LogP contribution in [0.5, 0.6) is 11.5 Å². The van der Waals surface area contributed by atoms with Gasteiger partial charge < -0.3 is 20.1 Å². The van der Waals surface area contributed by atoms with Crippen molar-refractivity contribution in [3.63, 3.8) is 0 Å². The lowest BCUT2D eigenvalue weighted by Crippen LogP contribution is -2.49. The number of anilines is 1. The summed E-state index contributed by atoms with van der Waals surface area (Å²) < 4.78 is 8.55. The Balaban J connectivity index is 2.20. The highest BCUT2D eigenvalue weighted by Crippen LogP contribution is 2.32. The Morgan fingerprint density at radius 3 is 2.15 bits per heavy atom. The molecule has 1 atom stereocenters. The van der Waals surface area contributed by atoms with Gasteiger partial charge in [0.25, 0.3) is 5.91 Å². The van der Waals surface area contributed by atoms with Crippen LogP contribution in [0, 0.1) is 0 Å². The van der Waals surface area contributed by atoms with Crippen molar-refractivity contribution in [3.05, 3.63) is 53.1 Å². The van der Waals surface area contributed by atoms with Crippen molar-refractivity contribution >= 4 is 58.0 Å². The van der Waals surface area contributed by atoms with Gasteiger partial charge >= 0.3 is 0 Å². The molecule has 0 aliphatic heterocycles. The molecule has 0 radical (unpaired) electrons. The maximum Gasteiger partial charge on any atom is 0.253 e. The van der Waals surface area contributed by atoms with E-state index in [0.717, 1.165) is 0 Å². The van der Waals surface area contributed by atoms with E-state index in [4.69, 9.17) is 55.9 Å². The van der Waals surface area contributed by atoms with E-state index < -0.39 is 15.9 Å². The van der Waals surface area contributed by atoms with Crippen LogP contribution in [0.3, 0.4) is 0 Å². The van der Waals surface area contributed by atoms with E-state index in [1.165, 1.54) is 20.3 Å². The summed E-state index contributed by atoms with van der Waals surface area (Å²) in [5.74, 6) is 0.459. The predicted molar refractivity (Wildman–Crippen MR) is 106 cm³/mol. The lowest BCUT2D eigenvalue weighted by atomic mass is 10.2. The minimum absolute atomic E-state index is 0.319. The van der Waals surface area contributed by atoms with Crippen molar-refractivity contribution in [1.82, 2.24) is 5.32 Å². The Kier molecular flexibility index (Phi) is 7.12. The highest BCUT2D eigenvalue weighted by Gasteiger charge is 2.34. The molecular weight excluding hydrogens is 422 g/mol. The molecule has 0 aromatic heterocycles. The van der Waals surface area contributed by atoms with Gasteiger partial charge in [-0.05, 0) is 42.5 Å². The summed E-state index contributed by atoms with van der Waals surface area (Å²) in [7, 11) is 2.98. The average Bonchev–Trinajstić information content (AvgIpc) is 2.61. The molecule has 2 aromatic rings. The lowest BCUT2D eigenvalue weighted by Gasteiger charge is -2.27. The van der Waals surface area contributed by atoms with Crippen LogP contribution in [0.4, 0.5) is 5.69 Å². The maximum absolute atomic E-state index is 12.6. The van der Waals surface area contributed by atoms with Crippen molar-refractivity contribution in [3.8, 4) is 11.5 Å². The molecule has 26 heavy (non-hydrogen) atoms. The molecule has 0 fully saturated rings. The molecule has 140 valence electrons. The summed E-state index contributed by atoms with van der Waals surface area (Å²) in [5.41, 5.74) is 0.943. The molecule has 0 spiro atoms. The standard InChI is InChI=1S/C17H16Cl4N2O3/c1-25-13-8-3-10(9-14(13)26-2)15(24)23-16(17(19,20)21)22-12-6-4-11(18)5-7-12/h3-9,16,22H,1-2H3,(H,23,24). The number of hydrogen-bond acceptors (Lipinski definition) is 4. The Hall–Kier alpha value is -1.53. The number of methoxy groups -OCH3 is 2. The molecule has 2 rings (SSSR count). The van der Waals surface area contributed by atoms with Crippen LogP contribution in [0.2, 0.25) is 5.02 Å². The first-order valence-electron chi connectivity index (χ1n) is 7.36. The fraction of sp³-hybridized carbons (Fsp3) is 0.235. The number of hydrogen-bond donors (Lipinski definition) is 2. The fourth-order valence-corrected chi connectivity index (χ4v) is 2.56. The first-order valence-corrected chi connectivity index (χ1v) is 8.87. The normalized spacial score (nSPS) is 12.2. The second kappa shape index (κ2) is 8.91. The van der Waals surface area contributed by atoms with Gasteiger partial charge in [-0.3, -0.25) is 4.79 Å². The molecule has 2 aromatic carbocycles. The van der Waals surface area contributed by atoms with Crippen molar-refractivity contribution in [2.45, 2.75) is 9.96 Å². The van der Waals surface area contributed by atoms with Crippen LogP contribution in [0.25, 0.3) is 0 Å². The number of alkyl halides is 3. The van der Waals surface area contributed by atoms with E-state index in [9.17, 15) is 4.79 Å². The zero-order valence-electron chi connectivity index (χ0n) is 13.9. The highest BCUT2D eigenvalue weighted by atomic mass is 35.6. The number of rotatable bonds is 6. The first-order chi connectivity index (χ1) is 12.2. The minimum atomic E-state index is -1.80. The Bertz CT molecular complexity index is 764. The van der Waals surface area contributed by atoms with Crippen LogP contribution < -0.4 is 20.1 Å². The Labute approximate surface area is 171 Å². The Morgan fingerprint density at radius 2 is 1.62 bits per heavy atom. The molecule has 0 saturated carbocycles. The van der Waals surface area contributed by atoms with E-state index in [2.05, 4.69) is 10.6 Å². The molecule has 9 heteroatoms. The van der Waals surface area contributed by atoms with Gasteiger partial charge in [0.15, 0.2) is 11.5 Å². The van der Waals surface area contributed by atoms with Gasteiger partial charge in [0, 0.05) is 16.3 Å². The van der Waals surface area contributed by atoms with Gasteiger partial charge in [-0.15, -0.1) is 0 Å². The third-order valence-electron chi connectivity index (χ3n) is 3.40. The largest absolute Gasteiger partial charge is 0.493 e. The fourth-order valence-electron chi connectivity index (χ4n) is 2.10. The summed E-state index contributed by atoms with van der Waals surface area (Å²) >= 11 is 23.9. The van der Waals surface area contributed by atoms with Crippen LogP contribution in [0.1, 0.15) is 10.4 Å². The minimum Gasteiger partial charge on any atom is -0.493 e. The summed E-state index contributed by atoms with van der Waals surface area (Å²) in [6.45, 7) is 0. The monoisotopic (exact) mass is 436 g/mol. The first kappa shape index (κ1) is 20.8.